The van der Waals surface area contributed by atoms with Crippen molar-refractivity contribution in [3.63, 3.8) is 0 Å². The lowest BCUT2D eigenvalue weighted by Gasteiger charge is -2.05. The average Bonchev–Trinajstić information content (AvgIpc) is 2.90. The third kappa shape index (κ3) is 4.27. The summed E-state index contributed by atoms with van der Waals surface area (Å²) in [4.78, 5) is 20.1. The molecule has 0 radical (unpaired) electrons. The van der Waals surface area contributed by atoms with Gasteiger partial charge in [-0.3, -0.25) is 9.89 Å². The van der Waals surface area contributed by atoms with Crippen LogP contribution in [-0.4, -0.2) is 39.2 Å². The molecule has 21 heavy (non-hydrogen) atoms. The van der Waals surface area contributed by atoms with Gasteiger partial charge in [0.05, 0.1) is 18.6 Å². The molecule has 7 nitrogen and oxygen atoms in total. The largest absolute Gasteiger partial charge is 0.369 e. The molecule has 0 aliphatic carbocycles. The number of carbonyl (C=O) groups is 1. The van der Waals surface area contributed by atoms with Crippen LogP contribution in [-0.2, 0) is 6.42 Å². The standard InChI is InChI=1S/C14H20N6O/c1-3-15-13-9-17-12(8-18-13)14(21)16-6-4-5-11-7-19-20-10(11)2/h7-9H,3-6H2,1-2H3,(H,15,18)(H,16,21)(H,19,20). The maximum absolute atomic E-state index is 11.9. The van der Waals surface area contributed by atoms with Gasteiger partial charge in [0.15, 0.2) is 0 Å². The molecule has 0 aliphatic heterocycles. The molecule has 0 saturated heterocycles. The Balaban J connectivity index is 1.75. The smallest absolute Gasteiger partial charge is 0.271 e. The molecule has 2 heterocycles. The van der Waals surface area contributed by atoms with Gasteiger partial charge in [-0.1, -0.05) is 0 Å². The quantitative estimate of drug-likeness (QED) is 0.667. The fraction of sp³-hybridized carbons (Fsp3) is 0.429. The molecule has 0 bridgehead atoms. The van der Waals surface area contributed by atoms with E-state index in [9.17, 15) is 4.79 Å². The first-order valence-electron chi connectivity index (χ1n) is 7.03. The van der Waals surface area contributed by atoms with E-state index in [1.807, 2.05) is 20.0 Å². The summed E-state index contributed by atoms with van der Waals surface area (Å²) in [6.45, 7) is 5.33. The van der Waals surface area contributed by atoms with Crippen molar-refractivity contribution in [1.29, 1.82) is 0 Å². The van der Waals surface area contributed by atoms with Crippen LogP contribution in [0, 0.1) is 6.92 Å². The van der Waals surface area contributed by atoms with Crippen molar-refractivity contribution in [1.82, 2.24) is 25.5 Å². The normalized spacial score (nSPS) is 10.4. The van der Waals surface area contributed by atoms with Crippen molar-refractivity contribution in [2.75, 3.05) is 18.4 Å². The van der Waals surface area contributed by atoms with Crippen molar-refractivity contribution >= 4 is 11.7 Å². The molecule has 112 valence electrons. The molecule has 2 aromatic rings. The first kappa shape index (κ1) is 15.0. The highest BCUT2D eigenvalue weighted by Crippen LogP contribution is 2.05. The molecule has 0 atom stereocenters. The predicted molar refractivity (Wildman–Crippen MR) is 80.2 cm³/mol. The minimum atomic E-state index is -0.200. The summed E-state index contributed by atoms with van der Waals surface area (Å²) in [7, 11) is 0. The number of aromatic amines is 1. The number of hydrogen-bond donors (Lipinski definition) is 3. The summed E-state index contributed by atoms with van der Waals surface area (Å²) >= 11 is 0. The van der Waals surface area contributed by atoms with Crippen LogP contribution < -0.4 is 10.6 Å². The first-order chi connectivity index (χ1) is 10.2. The Hall–Kier alpha value is -2.44. The van der Waals surface area contributed by atoms with E-state index in [1.54, 1.807) is 6.20 Å². The molecule has 0 fully saturated rings. The van der Waals surface area contributed by atoms with Crippen molar-refractivity contribution in [2.45, 2.75) is 26.7 Å². The highest BCUT2D eigenvalue weighted by atomic mass is 16.1. The summed E-state index contributed by atoms with van der Waals surface area (Å²) in [6.07, 6.45) is 6.60. The van der Waals surface area contributed by atoms with E-state index in [0.717, 1.165) is 25.1 Å². The van der Waals surface area contributed by atoms with E-state index in [2.05, 4.69) is 30.8 Å². The zero-order chi connectivity index (χ0) is 15.1. The number of H-pyrrole nitrogens is 1. The van der Waals surface area contributed by atoms with Gasteiger partial charge in [0.1, 0.15) is 11.5 Å². The van der Waals surface area contributed by atoms with Gasteiger partial charge >= 0.3 is 0 Å². The van der Waals surface area contributed by atoms with Gasteiger partial charge in [-0.25, -0.2) is 9.97 Å². The number of rotatable bonds is 7. The van der Waals surface area contributed by atoms with Crippen LogP contribution in [0.15, 0.2) is 18.6 Å². The van der Waals surface area contributed by atoms with Crippen LogP contribution in [0.25, 0.3) is 0 Å². The molecule has 7 heteroatoms. The zero-order valence-corrected chi connectivity index (χ0v) is 12.3. The second-order valence-corrected chi connectivity index (χ2v) is 4.70. The minimum Gasteiger partial charge on any atom is -0.369 e. The molecular formula is C14H20N6O. The van der Waals surface area contributed by atoms with E-state index >= 15 is 0 Å². The summed E-state index contributed by atoms with van der Waals surface area (Å²) in [5.74, 6) is 0.471. The van der Waals surface area contributed by atoms with Crippen LogP contribution in [0.4, 0.5) is 5.82 Å². The monoisotopic (exact) mass is 288 g/mol. The van der Waals surface area contributed by atoms with Gasteiger partial charge < -0.3 is 10.6 Å². The Bertz CT molecular complexity index is 577. The Kier molecular flexibility index (Phi) is 5.25. The number of aryl methyl sites for hydroxylation is 2. The predicted octanol–water partition coefficient (Wildman–Crippen LogP) is 1.30. The number of carbonyl (C=O) groups excluding carboxylic acids is 1. The van der Waals surface area contributed by atoms with Gasteiger partial charge in [-0.05, 0) is 32.3 Å². The van der Waals surface area contributed by atoms with Crippen molar-refractivity contribution in [3.05, 3.63) is 35.5 Å². The van der Waals surface area contributed by atoms with E-state index in [1.165, 1.54) is 11.8 Å². The molecule has 0 aliphatic rings. The summed E-state index contributed by atoms with van der Waals surface area (Å²) in [5.41, 5.74) is 2.58. The lowest BCUT2D eigenvalue weighted by atomic mass is 10.1. The maximum Gasteiger partial charge on any atom is 0.271 e. The Morgan fingerprint density at radius 3 is 2.76 bits per heavy atom. The number of aromatic nitrogens is 4. The number of anilines is 1. The van der Waals surface area contributed by atoms with Crippen LogP contribution >= 0.6 is 0 Å². The molecule has 0 saturated carbocycles. The van der Waals surface area contributed by atoms with Crippen molar-refractivity contribution in [3.8, 4) is 0 Å². The van der Waals surface area contributed by atoms with Crippen LogP contribution in [0.1, 0.15) is 35.1 Å². The van der Waals surface area contributed by atoms with E-state index < -0.39 is 0 Å². The highest BCUT2D eigenvalue weighted by molar-refractivity contribution is 5.91. The number of nitrogens with one attached hydrogen (secondary N) is 3. The third-order valence-corrected chi connectivity index (χ3v) is 3.09. The molecule has 0 aromatic carbocycles. The van der Waals surface area contributed by atoms with E-state index in [0.29, 0.717) is 18.1 Å². The summed E-state index contributed by atoms with van der Waals surface area (Å²) in [6, 6.07) is 0. The fourth-order valence-corrected chi connectivity index (χ4v) is 1.92. The molecular weight excluding hydrogens is 268 g/mol. The van der Waals surface area contributed by atoms with Gasteiger partial charge in [0, 0.05) is 18.8 Å². The molecule has 2 aromatic heterocycles. The maximum atomic E-state index is 11.9. The van der Waals surface area contributed by atoms with E-state index in [-0.39, 0.29) is 5.91 Å². The van der Waals surface area contributed by atoms with Gasteiger partial charge in [-0.2, -0.15) is 5.10 Å². The number of hydrogen-bond acceptors (Lipinski definition) is 5. The van der Waals surface area contributed by atoms with Crippen LogP contribution in [0.5, 0.6) is 0 Å². The third-order valence-electron chi connectivity index (χ3n) is 3.09. The van der Waals surface area contributed by atoms with Gasteiger partial charge in [0.25, 0.3) is 5.91 Å². The van der Waals surface area contributed by atoms with Gasteiger partial charge in [-0.15, -0.1) is 0 Å². The lowest BCUT2D eigenvalue weighted by Crippen LogP contribution is -2.26. The van der Waals surface area contributed by atoms with Crippen LogP contribution in [0.2, 0.25) is 0 Å². The SMILES string of the molecule is CCNc1cnc(C(=O)NCCCc2cn[nH]c2C)cn1. The van der Waals surface area contributed by atoms with E-state index in [4.69, 9.17) is 0 Å². The lowest BCUT2D eigenvalue weighted by molar-refractivity contribution is 0.0948. The number of amides is 1. The summed E-state index contributed by atoms with van der Waals surface area (Å²) < 4.78 is 0. The zero-order valence-electron chi connectivity index (χ0n) is 12.3. The average molecular weight is 288 g/mol. The molecule has 1 amide bonds. The summed E-state index contributed by atoms with van der Waals surface area (Å²) in [5, 5.41) is 12.7. The Morgan fingerprint density at radius 1 is 1.29 bits per heavy atom. The minimum absolute atomic E-state index is 0.200. The molecule has 0 spiro atoms. The topological polar surface area (TPSA) is 95.6 Å². The number of nitrogens with zero attached hydrogens (tertiary/aromatic N) is 3. The second kappa shape index (κ2) is 7.37. The fourth-order valence-electron chi connectivity index (χ4n) is 1.92. The molecule has 0 unspecified atom stereocenters. The Morgan fingerprint density at radius 2 is 2.14 bits per heavy atom. The van der Waals surface area contributed by atoms with Crippen molar-refractivity contribution < 1.29 is 4.79 Å². The molecule has 3 N–H and O–H groups in total. The molecule has 2 rings (SSSR count). The highest BCUT2D eigenvalue weighted by Gasteiger charge is 2.07. The van der Waals surface area contributed by atoms with Gasteiger partial charge in [0.2, 0.25) is 0 Å². The van der Waals surface area contributed by atoms with Crippen LogP contribution in [0.3, 0.4) is 0 Å². The van der Waals surface area contributed by atoms with Crippen molar-refractivity contribution in [2.24, 2.45) is 0 Å². The second-order valence-electron chi connectivity index (χ2n) is 4.70. The Labute approximate surface area is 123 Å². The first-order valence-corrected chi connectivity index (χ1v) is 7.03.